The van der Waals surface area contributed by atoms with Crippen LogP contribution in [0.15, 0.2) is 58.8 Å². The number of halogens is 4. The minimum Gasteiger partial charge on any atom is -0.457 e. The van der Waals surface area contributed by atoms with Gasteiger partial charge in [0.2, 0.25) is 0 Å². The molecule has 8 heteroatoms. The molecule has 1 aliphatic rings. The molecule has 0 bridgehead atoms. The highest BCUT2D eigenvalue weighted by Crippen LogP contribution is 2.52. The molecule has 0 aromatic heterocycles. The Morgan fingerprint density at radius 1 is 1.12 bits per heavy atom. The smallest absolute Gasteiger partial charge is 0.442 e. The third-order valence-corrected chi connectivity index (χ3v) is 4.52. The molecular weight excluding hydrogens is 436 g/mol. The topological polar surface area (TPSA) is 51.0 Å². The van der Waals surface area contributed by atoms with Gasteiger partial charge in [-0.3, -0.25) is 0 Å². The number of ether oxygens (including phenoxy) is 1. The first-order valence-corrected chi connectivity index (χ1v) is 7.93. The lowest BCUT2D eigenvalue weighted by Gasteiger charge is -2.16. The average molecular weight is 446 g/mol. The van der Waals surface area contributed by atoms with E-state index in [1.807, 2.05) is 22.6 Å². The maximum absolute atomic E-state index is 13.0. The highest BCUT2D eigenvalue weighted by Gasteiger charge is 2.65. The monoisotopic (exact) mass is 446 g/mol. The number of alkyl halides is 3. The molecule has 3 rings (SSSR count). The number of hydrogen-bond donors (Lipinski definition) is 0. The van der Waals surface area contributed by atoms with Crippen LogP contribution in [0.2, 0.25) is 0 Å². The molecule has 124 valence electrons. The van der Waals surface area contributed by atoms with Gasteiger partial charge in [0, 0.05) is 14.7 Å². The van der Waals surface area contributed by atoms with Crippen LogP contribution in [0.25, 0.3) is 0 Å². The standard InChI is InChI=1S/C16H10F3IN2O2/c17-16(18,19)15(21-22-15)12-7-6-11(13(20)8-12)9-24-14(23)10-4-2-1-3-5-10/h1-8H,9H2. The Morgan fingerprint density at radius 2 is 1.79 bits per heavy atom. The first-order valence-electron chi connectivity index (χ1n) is 6.85. The third kappa shape index (κ3) is 3.14. The molecule has 1 heterocycles. The lowest BCUT2D eigenvalue weighted by atomic mass is 10.0. The zero-order valence-corrected chi connectivity index (χ0v) is 14.2. The van der Waals surface area contributed by atoms with Gasteiger partial charge >= 0.3 is 17.8 Å². The van der Waals surface area contributed by atoms with E-state index in [0.29, 0.717) is 14.7 Å². The lowest BCUT2D eigenvalue weighted by Crippen LogP contribution is -2.30. The van der Waals surface area contributed by atoms with Crippen molar-refractivity contribution in [3.8, 4) is 0 Å². The van der Waals surface area contributed by atoms with Crippen LogP contribution in [0.1, 0.15) is 21.5 Å². The molecule has 0 unspecified atom stereocenters. The second-order valence-corrected chi connectivity index (χ2v) is 6.28. The van der Waals surface area contributed by atoms with Crippen LogP contribution < -0.4 is 0 Å². The van der Waals surface area contributed by atoms with Crippen LogP contribution in [-0.2, 0) is 17.0 Å². The molecule has 0 atom stereocenters. The number of carbonyl (C=O) groups excluding carboxylic acids is 1. The van der Waals surface area contributed by atoms with Crippen molar-refractivity contribution in [1.29, 1.82) is 0 Å². The van der Waals surface area contributed by atoms with Crippen LogP contribution >= 0.6 is 22.6 Å². The van der Waals surface area contributed by atoms with Gasteiger partial charge in [0.05, 0.1) is 5.56 Å². The minimum atomic E-state index is -4.56. The Labute approximate surface area is 148 Å². The zero-order valence-electron chi connectivity index (χ0n) is 12.0. The number of rotatable bonds is 4. The summed E-state index contributed by atoms with van der Waals surface area (Å²) in [6.07, 6.45) is -4.56. The van der Waals surface area contributed by atoms with E-state index in [1.165, 1.54) is 18.2 Å². The summed E-state index contributed by atoms with van der Waals surface area (Å²) in [6, 6.07) is 12.6. The predicted molar refractivity (Wildman–Crippen MR) is 87.3 cm³/mol. The quantitative estimate of drug-likeness (QED) is 0.499. The van der Waals surface area contributed by atoms with Gasteiger partial charge in [-0.25, -0.2) is 4.79 Å². The summed E-state index contributed by atoms with van der Waals surface area (Å²) in [5.41, 5.74) is -1.46. The fraction of sp³-hybridized carbons (Fsp3) is 0.188. The molecular formula is C16H10F3IN2O2. The van der Waals surface area contributed by atoms with E-state index >= 15 is 0 Å². The minimum absolute atomic E-state index is 0.0282. The zero-order chi connectivity index (χ0) is 17.4. The first-order chi connectivity index (χ1) is 11.3. The maximum Gasteiger partial charge on any atom is 0.442 e. The van der Waals surface area contributed by atoms with Crippen LogP contribution in [0.3, 0.4) is 0 Å². The second-order valence-electron chi connectivity index (χ2n) is 5.12. The van der Waals surface area contributed by atoms with Gasteiger partial charge in [-0.05, 0) is 40.8 Å². The number of nitrogens with zero attached hydrogens (tertiary/aromatic N) is 2. The maximum atomic E-state index is 13.0. The summed E-state index contributed by atoms with van der Waals surface area (Å²) in [5.74, 6) is -0.491. The SMILES string of the molecule is O=C(OCc1ccc(C2(C(F)(F)F)N=N2)cc1I)c1ccccc1. The van der Waals surface area contributed by atoms with E-state index in [-0.39, 0.29) is 12.2 Å². The van der Waals surface area contributed by atoms with Crippen molar-refractivity contribution >= 4 is 28.6 Å². The van der Waals surface area contributed by atoms with Gasteiger partial charge in [-0.15, -0.1) is 10.2 Å². The molecule has 0 fully saturated rings. The van der Waals surface area contributed by atoms with E-state index in [4.69, 9.17) is 4.74 Å². The predicted octanol–water partition coefficient (Wildman–Crippen LogP) is 4.83. The van der Waals surface area contributed by atoms with E-state index in [1.54, 1.807) is 30.3 Å². The van der Waals surface area contributed by atoms with E-state index < -0.39 is 17.8 Å². The molecule has 24 heavy (non-hydrogen) atoms. The van der Waals surface area contributed by atoms with Crippen LogP contribution in [0.4, 0.5) is 13.2 Å². The third-order valence-electron chi connectivity index (χ3n) is 3.52. The Balaban J connectivity index is 1.71. The van der Waals surface area contributed by atoms with Crippen molar-refractivity contribution in [1.82, 2.24) is 0 Å². The van der Waals surface area contributed by atoms with Gasteiger partial charge in [0.15, 0.2) is 0 Å². The van der Waals surface area contributed by atoms with Crippen molar-refractivity contribution in [2.75, 3.05) is 0 Å². The Hall–Kier alpha value is -1.97. The molecule has 0 saturated heterocycles. The molecule has 0 amide bonds. The summed E-state index contributed by atoms with van der Waals surface area (Å²) >= 11 is 1.90. The molecule has 2 aromatic rings. The number of hydrogen-bond acceptors (Lipinski definition) is 4. The molecule has 0 spiro atoms. The van der Waals surface area contributed by atoms with Gasteiger partial charge in [-0.1, -0.05) is 30.3 Å². The first kappa shape index (κ1) is 16.9. The van der Waals surface area contributed by atoms with Crippen molar-refractivity contribution in [3.05, 3.63) is 68.8 Å². The number of benzene rings is 2. The van der Waals surface area contributed by atoms with Gasteiger partial charge < -0.3 is 4.74 Å². The molecule has 0 saturated carbocycles. The fourth-order valence-electron chi connectivity index (χ4n) is 2.12. The normalized spacial score (nSPS) is 15.2. The Morgan fingerprint density at radius 3 is 2.33 bits per heavy atom. The fourth-order valence-corrected chi connectivity index (χ4v) is 2.80. The van der Waals surface area contributed by atoms with Gasteiger partial charge in [-0.2, -0.15) is 13.2 Å². The Kier molecular flexibility index (Phi) is 4.33. The van der Waals surface area contributed by atoms with Gasteiger partial charge in [0.1, 0.15) is 6.61 Å². The largest absolute Gasteiger partial charge is 0.457 e. The van der Waals surface area contributed by atoms with Crippen LogP contribution in [0, 0.1) is 3.57 Å². The van der Waals surface area contributed by atoms with E-state index in [9.17, 15) is 18.0 Å². The molecule has 4 nitrogen and oxygen atoms in total. The number of carbonyl (C=O) groups is 1. The van der Waals surface area contributed by atoms with Crippen molar-refractivity contribution < 1.29 is 22.7 Å². The molecule has 0 aliphatic carbocycles. The molecule has 0 radical (unpaired) electrons. The summed E-state index contributed by atoms with van der Waals surface area (Å²) in [4.78, 5) is 11.9. The number of esters is 1. The molecule has 1 aliphatic heterocycles. The van der Waals surface area contributed by atoms with E-state index in [2.05, 4.69) is 10.2 Å². The molecule has 0 N–H and O–H groups in total. The summed E-state index contributed by atoms with van der Waals surface area (Å²) in [5, 5.41) is 6.34. The Bertz CT molecular complexity index is 801. The van der Waals surface area contributed by atoms with Crippen molar-refractivity contribution in [2.24, 2.45) is 10.2 Å². The summed E-state index contributed by atoms with van der Waals surface area (Å²) in [6.45, 7) is -0.0282. The second kappa shape index (κ2) is 6.15. The van der Waals surface area contributed by atoms with Crippen LogP contribution in [0.5, 0.6) is 0 Å². The lowest BCUT2D eigenvalue weighted by molar-refractivity contribution is -0.166. The summed E-state index contributed by atoms with van der Waals surface area (Å²) < 4.78 is 44.7. The average Bonchev–Trinajstić information content (AvgIpc) is 3.36. The van der Waals surface area contributed by atoms with Crippen molar-refractivity contribution in [3.63, 3.8) is 0 Å². The van der Waals surface area contributed by atoms with Crippen molar-refractivity contribution in [2.45, 2.75) is 18.4 Å². The van der Waals surface area contributed by atoms with Crippen LogP contribution in [-0.4, -0.2) is 12.1 Å². The summed E-state index contributed by atoms with van der Waals surface area (Å²) in [7, 11) is 0. The highest BCUT2D eigenvalue weighted by molar-refractivity contribution is 14.1. The van der Waals surface area contributed by atoms with Gasteiger partial charge in [0.25, 0.3) is 0 Å². The highest BCUT2D eigenvalue weighted by atomic mass is 127. The molecule has 2 aromatic carbocycles. The van der Waals surface area contributed by atoms with E-state index in [0.717, 1.165) is 0 Å².